The van der Waals surface area contributed by atoms with E-state index in [2.05, 4.69) is 21.2 Å². The van der Waals surface area contributed by atoms with E-state index in [4.69, 9.17) is 5.73 Å². The monoisotopic (exact) mass is 284 g/mol. The molecule has 0 aliphatic carbocycles. The molecular formula is C12H17BrN2O. The Morgan fingerprint density at radius 2 is 1.88 bits per heavy atom. The van der Waals surface area contributed by atoms with E-state index < -0.39 is 5.54 Å². The Kier molecular flexibility index (Phi) is 4.10. The van der Waals surface area contributed by atoms with E-state index in [0.29, 0.717) is 0 Å². The smallest absolute Gasteiger partial charge is 0.237 e. The molecular weight excluding hydrogens is 268 g/mol. The molecule has 1 aromatic rings. The van der Waals surface area contributed by atoms with Crippen LogP contribution in [0.2, 0.25) is 0 Å². The topological polar surface area (TPSA) is 55.1 Å². The number of benzene rings is 1. The number of hydrogen-bond acceptors (Lipinski definition) is 2. The number of nitrogens with one attached hydrogen (secondary N) is 1. The fourth-order valence-corrected chi connectivity index (χ4v) is 1.71. The molecule has 0 bridgehead atoms. The molecule has 3 nitrogen and oxygen atoms in total. The lowest BCUT2D eigenvalue weighted by atomic mass is 10.0. The van der Waals surface area contributed by atoms with Crippen LogP contribution in [0, 0.1) is 0 Å². The molecule has 0 aromatic heterocycles. The zero-order chi connectivity index (χ0) is 12.3. The number of nitrogens with two attached hydrogens (primary N) is 1. The van der Waals surface area contributed by atoms with Gasteiger partial charge in [0.1, 0.15) is 0 Å². The normalized spacial score (nSPS) is 13.5. The van der Waals surface area contributed by atoms with Crippen LogP contribution in [0.15, 0.2) is 28.7 Å². The quantitative estimate of drug-likeness (QED) is 0.892. The zero-order valence-corrected chi connectivity index (χ0v) is 11.3. The Morgan fingerprint density at radius 3 is 2.31 bits per heavy atom. The van der Waals surface area contributed by atoms with Gasteiger partial charge in [0, 0.05) is 10.5 Å². The van der Waals surface area contributed by atoms with Crippen LogP contribution in [-0.4, -0.2) is 11.4 Å². The fraction of sp³-hybridized carbons (Fsp3) is 0.417. The van der Waals surface area contributed by atoms with E-state index in [0.717, 1.165) is 10.0 Å². The minimum Gasteiger partial charge on any atom is -0.368 e. The largest absolute Gasteiger partial charge is 0.368 e. The molecule has 1 unspecified atom stereocenters. The minimum absolute atomic E-state index is 0.0793. The van der Waals surface area contributed by atoms with Crippen LogP contribution >= 0.6 is 15.9 Å². The molecule has 1 rings (SSSR count). The maximum absolute atomic E-state index is 11.2. The third-order valence-electron chi connectivity index (χ3n) is 2.56. The lowest BCUT2D eigenvalue weighted by Crippen LogP contribution is -2.51. The molecule has 0 radical (unpaired) electrons. The Morgan fingerprint density at radius 1 is 1.38 bits per heavy atom. The average Bonchev–Trinajstić information content (AvgIpc) is 2.17. The SMILES string of the molecule is CC(NC(C)(C)C(N)=O)c1ccc(Br)cc1. The minimum atomic E-state index is -0.702. The van der Waals surface area contributed by atoms with E-state index in [1.165, 1.54) is 0 Å². The van der Waals surface area contributed by atoms with Crippen molar-refractivity contribution in [2.45, 2.75) is 32.4 Å². The Hall–Kier alpha value is -0.870. The van der Waals surface area contributed by atoms with Gasteiger partial charge in [-0.05, 0) is 38.5 Å². The third kappa shape index (κ3) is 3.32. The van der Waals surface area contributed by atoms with Crippen molar-refractivity contribution >= 4 is 21.8 Å². The molecule has 1 amide bonds. The molecule has 0 aliphatic heterocycles. The van der Waals surface area contributed by atoms with Crippen LogP contribution < -0.4 is 11.1 Å². The summed E-state index contributed by atoms with van der Waals surface area (Å²) in [6.07, 6.45) is 0. The number of carbonyl (C=O) groups excluding carboxylic acids is 1. The molecule has 1 aromatic carbocycles. The summed E-state index contributed by atoms with van der Waals surface area (Å²) in [6.45, 7) is 5.57. The highest BCUT2D eigenvalue weighted by Crippen LogP contribution is 2.18. The first-order chi connectivity index (χ1) is 7.33. The first-order valence-corrected chi connectivity index (χ1v) is 5.95. The van der Waals surface area contributed by atoms with E-state index in [1.807, 2.05) is 31.2 Å². The number of primary amides is 1. The standard InChI is InChI=1S/C12H17BrN2O/c1-8(15-12(2,3)11(14)16)9-4-6-10(13)7-5-9/h4-8,15H,1-3H3,(H2,14,16). The average molecular weight is 285 g/mol. The van der Waals surface area contributed by atoms with Gasteiger partial charge in [-0.1, -0.05) is 28.1 Å². The molecule has 0 aliphatic rings. The van der Waals surface area contributed by atoms with Gasteiger partial charge in [0.2, 0.25) is 5.91 Å². The fourth-order valence-electron chi connectivity index (χ4n) is 1.45. The summed E-state index contributed by atoms with van der Waals surface area (Å²) in [5.41, 5.74) is 5.73. The van der Waals surface area contributed by atoms with Gasteiger partial charge < -0.3 is 5.73 Å². The van der Waals surface area contributed by atoms with E-state index in [9.17, 15) is 4.79 Å². The second-order valence-corrected chi connectivity index (χ2v) is 5.32. The highest BCUT2D eigenvalue weighted by Gasteiger charge is 2.26. The molecule has 4 heteroatoms. The van der Waals surface area contributed by atoms with E-state index in [-0.39, 0.29) is 11.9 Å². The molecule has 0 saturated carbocycles. The van der Waals surface area contributed by atoms with Gasteiger partial charge in [-0.15, -0.1) is 0 Å². The van der Waals surface area contributed by atoms with Crippen LogP contribution in [0.25, 0.3) is 0 Å². The van der Waals surface area contributed by atoms with Crippen LogP contribution in [0.1, 0.15) is 32.4 Å². The predicted octanol–water partition coefficient (Wildman–Crippen LogP) is 2.36. The lowest BCUT2D eigenvalue weighted by molar-refractivity contribution is -0.123. The first kappa shape index (κ1) is 13.2. The highest BCUT2D eigenvalue weighted by molar-refractivity contribution is 9.10. The van der Waals surface area contributed by atoms with Gasteiger partial charge in [-0.25, -0.2) is 0 Å². The van der Waals surface area contributed by atoms with Gasteiger partial charge in [0.05, 0.1) is 5.54 Å². The maximum atomic E-state index is 11.2. The summed E-state index contributed by atoms with van der Waals surface area (Å²) < 4.78 is 1.04. The van der Waals surface area contributed by atoms with Crippen molar-refractivity contribution in [3.63, 3.8) is 0 Å². The molecule has 0 fully saturated rings. The highest BCUT2D eigenvalue weighted by atomic mass is 79.9. The Balaban J connectivity index is 2.76. The van der Waals surface area contributed by atoms with Gasteiger partial charge in [-0.2, -0.15) is 0 Å². The van der Waals surface area contributed by atoms with Crippen LogP contribution in [0.4, 0.5) is 0 Å². The summed E-state index contributed by atoms with van der Waals surface area (Å²) in [5.74, 6) is -0.350. The van der Waals surface area contributed by atoms with Crippen molar-refractivity contribution in [1.82, 2.24) is 5.32 Å². The van der Waals surface area contributed by atoms with Gasteiger partial charge >= 0.3 is 0 Å². The van der Waals surface area contributed by atoms with E-state index >= 15 is 0 Å². The van der Waals surface area contributed by atoms with Gasteiger partial charge in [0.15, 0.2) is 0 Å². The van der Waals surface area contributed by atoms with Crippen molar-refractivity contribution in [1.29, 1.82) is 0 Å². The summed E-state index contributed by atoms with van der Waals surface area (Å²) in [4.78, 5) is 11.2. The summed E-state index contributed by atoms with van der Waals surface area (Å²) in [6, 6.07) is 8.06. The molecule has 0 saturated heterocycles. The lowest BCUT2D eigenvalue weighted by Gasteiger charge is -2.27. The van der Waals surface area contributed by atoms with Gasteiger partial charge in [-0.3, -0.25) is 10.1 Å². The molecule has 16 heavy (non-hydrogen) atoms. The Labute approximate surface area is 105 Å². The maximum Gasteiger partial charge on any atom is 0.237 e. The zero-order valence-electron chi connectivity index (χ0n) is 9.75. The number of hydrogen-bond donors (Lipinski definition) is 2. The van der Waals surface area contributed by atoms with Crippen LogP contribution in [0.5, 0.6) is 0 Å². The number of carbonyl (C=O) groups is 1. The molecule has 0 spiro atoms. The summed E-state index contributed by atoms with van der Waals surface area (Å²) in [7, 11) is 0. The van der Waals surface area contributed by atoms with Crippen LogP contribution in [0.3, 0.4) is 0 Å². The van der Waals surface area contributed by atoms with Crippen molar-refractivity contribution < 1.29 is 4.79 Å². The first-order valence-electron chi connectivity index (χ1n) is 5.16. The van der Waals surface area contributed by atoms with Crippen molar-refractivity contribution in [2.75, 3.05) is 0 Å². The molecule has 1 atom stereocenters. The molecule has 88 valence electrons. The van der Waals surface area contributed by atoms with Crippen molar-refractivity contribution in [3.8, 4) is 0 Å². The third-order valence-corrected chi connectivity index (χ3v) is 3.09. The van der Waals surface area contributed by atoms with Crippen LogP contribution in [-0.2, 0) is 4.79 Å². The second-order valence-electron chi connectivity index (χ2n) is 4.41. The molecule has 0 heterocycles. The second kappa shape index (κ2) is 4.97. The van der Waals surface area contributed by atoms with Gasteiger partial charge in [0.25, 0.3) is 0 Å². The number of halogens is 1. The number of rotatable bonds is 4. The predicted molar refractivity (Wildman–Crippen MR) is 69.0 cm³/mol. The number of amides is 1. The van der Waals surface area contributed by atoms with Crippen molar-refractivity contribution in [2.24, 2.45) is 5.73 Å². The van der Waals surface area contributed by atoms with E-state index in [1.54, 1.807) is 13.8 Å². The Bertz CT molecular complexity index is 373. The summed E-state index contributed by atoms with van der Waals surface area (Å²) >= 11 is 3.38. The summed E-state index contributed by atoms with van der Waals surface area (Å²) in [5, 5.41) is 3.20. The molecule has 3 N–H and O–H groups in total. The van der Waals surface area contributed by atoms with Crippen molar-refractivity contribution in [3.05, 3.63) is 34.3 Å².